The van der Waals surface area contributed by atoms with Gasteiger partial charge in [0.15, 0.2) is 5.11 Å². The Labute approximate surface area is 174 Å². The van der Waals surface area contributed by atoms with Crippen LogP contribution in [0.3, 0.4) is 0 Å². The summed E-state index contributed by atoms with van der Waals surface area (Å²) in [5.41, 5.74) is 3.18. The van der Waals surface area contributed by atoms with E-state index in [1.54, 1.807) is 12.1 Å². The van der Waals surface area contributed by atoms with E-state index in [4.69, 9.17) is 21.4 Å². The molecule has 146 valence electrons. The number of ether oxygens (including phenoxy) is 1. The predicted molar refractivity (Wildman–Crippen MR) is 117 cm³/mol. The molecule has 0 spiro atoms. The fourth-order valence-electron chi connectivity index (χ4n) is 3.13. The highest BCUT2D eigenvalue weighted by Crippen LogP contribution is 2.26. The zero-order chi connectivity index (χ0) is 20.4. The van der Waals surface area contributed by atoms with Gasteiger partial charge >= 0.3 is 0 Å². The summed E-state index contributed by atoms with van der Waals surface area (Å²) in [5.74, 6) is 1.83. The van der Waals surface area contributed by atoms with Crippen LogP contribution >= 0.6 is 12.2 Å². The molecule has 0 saturated carbocycles. The van der Waals surface area contributed by atoms with Crippen molar-refractivity contribution in [3.63, 3.8) is 0 Å². The lowest BCUT2D eigenvalue weighted by molar-refractivity contribution is -0.113. The number of hydrogen-bond acceptors (Lipinski definition) is 4. The van der Waals surface area contributed by atoms with Crippen LogP contribution in [0.5, 0.6) is 5.75 Å². The van der Waals surface area contributed by atoms with E-state index >= 15 is 0 Å². The van der Waals surface area contributed by atoms with E-state index in [0.717, 1.165) is 22.6 Å². The fourth-order valence-corrected chi connectivity index (χ4v) is 3.42. The summed E-state index contributed by atoms with van der Waals surface area (Å²) in [6.45, 7) is 4.25. The van der Waals surface area contributed by atoms with Gasteiger partial charge in [-0.25, -0.2) is 0 Å². The minimum absolute atomic E-state index is 0.210. The molecular weight excluding hydrogens is 384 g/mol. The van der Waals surface area contributed by atoms with Gasteiger partial charge in [-0.3, -0.25) is 9.69 Å². The molecular formula is C23H20N2O3S. The second-order valence-electron chi connectivity index (χ2n) is 6.77. The average Bonchev–Trinajstić information content (AvgIpc) is 3.26. The Balaban J connectivity index is 1.49. The third-order valence-corrected chi connectivity index (χ3v) is 4.95. The van der Waals surface area contributed by atoms with Gasteiger partial charge in [-0.1, -0.05) is 36.4 Å². The molecule has 4 rings (SSSR count). The summed E-state index contributed by atoms with van der Waals surface area (Å²) >= 11 is 5.37. The summed E-state index contributed by atoms with van der Waals surface area (Å²) in [5, 5.41) is 3.33. The smallest absolute Gasteiger partial charge is 0.281 e. The fraction of sp³-hybridized carbons (Fsp3) is 0.130. The Bertz CT molecular complexity index is 1120. The lowest BCUT2D eigenvalue weighted by atomic mass is 10.2. The Morgan fingerprint density at radius 2 is 1.76 bits per heavy atom. The van der Waals surface area contributed by atoms with Gasteiger partial charge in [0.25, 0.3) is 5.91 Å². The lowest BCUT2D eigenvalue weighted by Gasteiger charge is -2.16. The molecule has 2 aromatic carbocycles. The number of carbonyl (C=O) groups excluding carboxylic acids is 1. The van der Waals surface area contributed by atoms with Crippen molar-refractivity contribution < 1.29 is 13.9 Å². The molecule has 0 unspecified atom stereocenters. The van der Waals surface area contributed by atoms with Crippen molar-refractivity contribution in [1.82, 2.24) is 5.32 Å². The number of benzene rings is 2. The van der Waals surface area contributed by atoms with Gasteiger partial charge in [0, 0.05) is 6.08 Å². The number of carbonyl (C=O) groups is 1. The zero-order valence-corrected chi connectivity index (χ0v) is 17.0. The monoisotopic (exact) mass is 404 g/mol. The van der Waals surface area contributed by atoms with Crippen molar-refractivity contribution in [3.8, 4) is 5.75 Å². The number of para-hydroxylation sites is 2. The van der Waals surface area contributed by atoms with Crippen molar-refractivity contribution in [1.29, 1.82) is 0 Å². The second kappa shape index (κ2) is 7.93. The van der Waals surface area contributed by atoms with E-state index in [1.165, 1.54) is 4.90 Å². The van der Waals surface area contributed by atoms with Crippen LogP contribution in [-0.2, 0) is 11.4 Å². The Morgan fingerprint density at radius 1 is 1.03 bits per heavy atom. The van der Waals surface area contributed by atoms with E-state index in [-0.39, 0.29) is 5.91 Å². The zero-order valence-electron chi connectivity index (χ0n) is 16.1. The number of thiocarbonyl (C=S) groups is 1. The van der Waals surface area contributed by atoms with Crippen LogP contribution in [-0.4, -0.2) is 11.0 Å². The Morgan fingerprint density at radius 3 is 2.52 bits per heavy atom. The number of anilines is 1. The third kappa shape index (κ3) is 3.93. The topological polar surface area (TPSA) is 54.7 Å². The first-order valence-electron chi connectivity index (χ1n) is 9.23. The molecule has 1 aliphatic rings. The van der Waals surface area contributed by atoms with E-state index in [1.807, 2.05) is 68.4 Å². The lowest BCUT2D eigenvalue weighted by Crippen LogP contribution is -2.30. The van der Waals surface area contributed by atoms with Crippen LogP contribution in [0.15, 0.2) is 70.8 Å². The highest BCUT2D eigenvalue weighted by molar-refractivity contribution is 7.80. The van der Waals surface area contributed by atoms with Gasteiger partial charge in [0.2, 0.25) is 0 Å². The maximum atomic E-state index is 12.9. The molecule has 0 aliphatic carbocycles. The molecule has 1 N–H and O–H groups in total. The molecule has 0 radical (unpaired) electrons. The summed E-state index contributed by atoms with van der Waals surface area (Å²) in [6.07, 6.45) is 1.66. The van der Waals surface area contributed by atoms with E-state index < -0.39 is 0 Å². The molecule has 1 amide bonds. The maximum Gasteiger partial charge on any atom is 0.281 e. The number of rotatable bonds is 5. The molecule has 1 aromatic heterocycles. The van der Waals surface area contributed by atoms with Gasteiger partial charge in [0.1, 0.15) is 29.6 Å². The van der Waals surface area contributed by atoms with Crippen molar-refractivity contribution in [2.45, 2.75) is 20.5 Å². The molecule has 6 heteroatoms. The molecule has 0 bridgehead atoms. The van der Waals surface area contributed by atoms with Gasteiger partial charge < -0.3 is 14.5 Å². The number of furan rings is 1. The van der Waals surface area contributed by atoms with Crippen molar-refractivity contribution >= 4 is 35.0 Å². The minimum atomic E-state index is -0.210. The first-order chi connectivity index (χ1) is 14.0. The molecule has 2 heterocycles. The highest BCUT2D eigenvalue weighted by atomic mass is 32.1. The first-order valence-corrected chi connectivity index (χ1v) is 9.63. The summed E-state index contributed by atoms with van der Waals surface area (Å²) in [4.78, 5) is 14.4. The van der Waals surface area contributed by atoms with Crippen molar-refractivity contribution in [2.75, 3.05) is 4.90 Å². The van der Waals surface area contributed by atoms with Gasteiger partial charge in [-0.2, -0.15) is 0 Å². The number of hydrogen-bond donors (Lipinski definition) is 1. The molecule has 5 nitrogen and oxygen atoms in total. The van der Waals surface area contributed by atoms with Crippen LogP contribution in [0.4, 0.5) is 5.69 Å². The molecule has 1 aliphatic heterocycles. The summed E-state index contributed by atoms with van der Waals surface area (Å²) in [7, 11) is 0. The van der Waals surface area contributed by atoms with Crippen molar-refractivity contribution in [3.05, 3.63) is 89.0 Å². The van der Waals surface area contributed by atoms with E-state index in [2.05, 4.69) is 5.32 Å². The van der Waals surface area contributed by atoms with Crippen LogP contribution in [0.1, 0.15) is 22.6 Å². The molecule has 3 aromatic rings. The Hall–Kier alpha value is -3.38. The average molecular weight is 404 g/mol. The standard InChI is InChI=1S/C23H20N2O3S/c1-15-7-3-5-9-20(15)25-22(26)19(24-23(25)29)13-17-11-12-18(28-17)14-27-21-10-6-4-8-16(21)2/h3-13H,14H2,1-2H3,(H,24,29)/b19-13+. The number of nitrogens with zero attached hydrogens (tertiary/aromatic N) is 1. The number of nitrogens with one attached hydrogen (secondary N) is 1. The van der Waals surface area contributed by atoms with Crippen LogP contribution in [0.25, 0.3) is 6.08 Å². The molecule has 1 saturated heterocycles. The van der Waals surface area contributed by atoms with Gasteiger partial charge in [0.05, 0.1) is 5.69 Å². The predicted octanol–water partition coefficient (Wildman–Crippen LogP) is 4.74. The van der Waals surface area contributed by atoms with E-state index in [0.29, 0.717) is 28.9 Å². The second-order valence-corrected chi connectivity index (χ2v) is 7.16. The third-order valence-electron chi connectivity index (χ3n) is 4.67. The molecule has 1 fully saturated rings. The van der Waals surface area contributed by atoms with Crippen LogP contribution in [0, 0.1) is 13.8 Å². The Kier molecular flexibility index (Phi) is 5.18. The largest absolute Gasteiger partial charge is 0.485 e. The quantitative estimate of drug-likeness (QED) is 0.492. The number of amides is 1. The van der Waals surface area contributed by atoms with Crippen LogP contribution < -0.4 is 15.0 Å². The minimum Gasteiger partial charge on any atom is -0.485 e. The maximum absolute atomic E-state index is 12.9. The highest BCUT2D eigenvalue weighted by Gasteiger charge is 2.32. The summed E-state index contributed by atoms with van der Waals surface area (Å²) in [6, 6.07) is 19.1. The molecule has 0 atom stereocenters. The number of aryl methyl sites for hydroxylation is 2. The van der Waals surface area contributed by atoms with Gasteiger partial charge in [-0.05, 0) is 61.5 Å². The normalized spacial score (nSPS) is 15.1. The molecule has 29 heavy (non-hydrogen) atoms. The van der Waals surface area contributed by atoms with E-state index in [9.17, 15) is 4.79 Å². The van der Waals surface area contributed by atoms with Gasteiger partial charge in [-0.15, -0.1) is 0 Å². The first kappa shape index (κ1) is 19.0. The summed E-state index contributed by atoms with van der Waals surface area (Å²) < 4.78 is 11.6. The van der Waals surface area contributed by atoms with Crippen molar-refractivity contribution in [2.24, 2.45) is 0 Å². The SMILES string of the molecule is Cc1ccccc1OCc1ccc(/C=C2/NC(=S)N(c3ccccc3C)C2=O)o1. The van der Waals surface area contributed by atoms with Crippen LogP contribution in [0.2, 0.25) is 0 Å².